The second kappa shape index (κ2) is 6.12. The summed E-state index contributed by atoms with van der Waals surface area (Å²) in [4.78, 5) is 8.07. The summed E-state index contributed by atoms with van der Waals surface area (Å²) in [5.41, 5.74) is 2.74. The number of nitrogens with zero attached hydrogens (tertiary/aromatic N) is 2. The van der Waals surface area contributed by atoms with Crippen LogP contribution in [0.15, 0.2) is 35.1 Å². The van der Waals surface area contributed by atoms with Crippen LogP contribution in [0.25, 0.3) is 0 Å². The van der Waals surface area contributed by atoms with E-state index in [4.69, 9.17) is 4.74 Å². The first kappa shape index (κ1) is 14.0. The highest BCUT2D eigenvalue weighted by Gasteiger charge is 2.11. The van der Waals surface area contributed by atoms with E-state index in [0.717, 1.165) is 21.3 Å². The minimum absolute atomic E-state index is 0.425. The number of benzene rings is 1. The first-order chi connectivity index (χ1) is 9.10. The van der Waals surface area contributed by atoms with Crippen molar-refractivity contribution < 1.29 is 9.84 Å². The maximum Gasteiger partial charge on any atom is 0.216 e. The number of aliphatic hydroxyl groups excluding tert-OH is 1. The summed E-state index contributed by atoms with van der Waals surface area (Å²) in [5.74, 6) is 0.502. The van der Waals surface area contributed by atoms with Gasteiger partial charge in [0.1, 0.15) is 6.33 Å². The van der Waals surface area contributed by atoms with E-state index >= 15 is 0 Å². The van der Waals surface area contributed by atoms with Gasteiger partial charge in [0.15, 0.2) is 0 Å². The lowest BCUT2D eigenvalue weighted by Crippen LogP contribution is -2.04. The average molecular weight is 323 g/mol. The minimum Gasteiger partial charge on any atom is -0.481 e. The van der Waals surface area contributed by atoms with Gasteiger partial charge in [-0.15, -0.1) is 0 Å². The molecule has 0 aliphatic rings. The molecule has 0 aliphatic carbocycles. The molecule has 0 fully saturated rings. The van der Waals surface area contributed by atoms with Crippen LogP contribution in [0.1, 0.15) is 22.9 Å². The number of hydrogen-bond acceptors (Lipinski definition) is 4. The van der Waals surface area contributed by atoms with Gasteiger partial charge in [0, 0.05) is 17.0 Å². The third-order valence-electron chi connectivity index (χ3n) is 2.89. The van der Waals surface area contributed by atoms with Gasteiger partial charge in [-0.05, 0) is 24.1 Å². The highest BCUT2D eigenvalue weighted by Crippen LogP contribution is 2.24. The number of aromatic nitrogens is 2. The molecule has 1 atom stereocenters. The molecule has 2 rings (SSSR count). The molecule has 5 heteroatoms. The van der Waals surface area contributed by atoms with Crippen LogP contribution in [0.2, 0.25) is 0 Å². The highest BCUT2D eigenvalue weighted by atomic mass is 79.9. The Hall–Kier alpha value is -1.46. The molecular formula is C14H15BrN2O2. The van der Waals surface area contributed by atoms with Crippen LogP contribution in [-0.4, -0.2) is 22.2 Å². The van der Waals surface area contributed by atoms with Gasteiger partial charge >= 0.3 is 0 Å². The van der Waals surface area contributed by atoms with Crippen LogP contribution in [0.3, 0.4) is 0 Å². The summed E-state index contributed by atoms with van der Waals surface area (Å²) in [7, 11) is 1.56. The lowest BCUT2D eigenvalue weighted by atomic mass is 10.0. The third-order valence-corrected chi connectivity index (χ3v) is 3.75. The summed E-state index contributed by atoms with van der Waals surface area (Å²) in [6, 6.07) is 7.55. The second-order valence-corrected chi connectivity index (χ2v) is 5.13. The maximum absolute atomic E-state index is 10.2. The Labute approximate surface area is 120 Å². The Morgan fingerprint density at radius 3 is 2.79 bits per heavy atom. The predicted molar refractivity (Wildman–Crippen MR) is 76.1 cm³/mol. The van der Waals surface area contributed by atoms with E-state index in [2.05, 4.69) is 25.9 Å². The first-order valence-corrected chi connectivity index (χ1v) is 6.68. The van der Waals surface area contributed by atoms with Crippen LogP contribution >= 0.6 is 15.9 Å². The van der Waals surface area contributed by atoms with Crippen molar-refractivity contribution in [3.8, 4) is 5.88 Å². The zero-order valence-electron chi connectivity index (χ0n) is 10.8. The molecule has 1 unspecified atom stereocenters. The summed E-state index contributed by atoms with van der Waals surface area (Å²) in [6.45, 7) is 2.01. The number of methoxy groups -OCH3 is 1. The Morgan fingerprint density at radius 2 is 2.11 bits per heavy atom. The van der Waals surface area contributed by atoms with E-state index in [1.807, 2.05) is 25.1 Å². The number of halogens is 1. The van der Waals surface area contributed by atoms with Crippen molar-refractivity contribution in [1.29, 1.82) is 0 Å². The minimum atomic E-state index is -0.600. The second-order valence-electron chi connectivity index (χ2n) is 4.28. The van der Waals surface area contributed by atoms with Gasteiger partial charge in [-0.25, -0.2) is 9.97 Å². The van der Waals surface area contributed by atoms with Crippen molar-refractivity contribution in [2.75, 3.05) is 7.11 Å². The smallest absolute Gasteiger partial charge is 0.216 e. The maximum atomic E-state index is 10.2. The molecule has 100 valence electrons. The Bertz CT molecular complexity index is 575. The summed E-state index contributed by atoms with van der Waals surface area (Å²) in [6.07, 6.45) is 1.26. The SMILES string of the molecule is COc1cc(CC(O)c2ccc(C)c(Br)c2)ncn1. The molecule has 2 aromatic rings. The van der Waals surface area contributed by atoms with Crippen LogP contribution in [0, 0.1) is 6.92 Å². The fraction of sp³-hybridized carbons (Fsp3) is 0.286. The van der Waals surface area contributed by atoms with E-state index in [1.165, 1.54) is 6.33 Å². The predicted octanol–water partition coefficient (Wildman–Crippen LogP) is 2.83. The standard InChI is InChI=1S/C14H15BrN2O2/c1-9-3-4-10(5-12(9)15)13(18)6-11-7-14(19-2)17-8-16-11/h3-5,7-8,13,18H,6H2,1-2H3. The van der Waals surface area contributed by atoms with Gasteiger partial charge in [0.25, 0.3) is 0 Å². The van der Waals surface area contributed by atoms with Gasteiger partial charge in [-0.2, -0.15) is 0 Å². The van der Waals surface area contributed by atoms with E-state index in [1.54, 1.807) is 13.2 Å². The monoisotopic (exact) mass is 322 g/mol. The van der Waals surface area contributed by atoms with Gasteiger partial charge < -0.3 is 9.84 Å². The number of hydrogen-bond donors (Lipinski definition) is 1. The van der Waals surface area contributed by atoms with Crippen LogP contribution in [0.5, 0.6) is 5.88 Å². The molecule has 0 saturated carbocycles. The fourth-order valence-corrected chi connectivity index (χ4v) is 2.13. The molecule has 1 heterocycles. The summed E-state index contributed by atoms with van der Waals surface area (Å²) >= 11 is 3.47. The van der Waals surface area contributed by atoms with Crippen LogP contribution < -0.4 is 4.74 Å². The third kappa shape index (κ3) is 3.52. The summed E-state index contributed by atoms with van der Waals surface area (Å²) < 4.78 is 6.03. The van der Waals surface area contributed by atoms with Crippen molar-refractivity contribution >= 4 is 15.9 Å². The number of ether oxygens (including phenoxy) is 1. The molecule has 0 aliphatic heterocycles. The van der Waals surface area contributed by atoms with Crippen LogP contribution in [0.4, 0.5) is 0 Å². The molecule has 1 aromatic heterocycles. The first-order valence-electron chi connectivity index (χ1n) is 5.89. The Balaban J connectivity index is 2.15. The zero-order valence-corrected chi connectivity index (χ0v) is 12.4. The normalized spacial score (nSPS) is 12.2. The topological polar surface area (TPSA) is 55.2 Å². The van der Waals surface area contributed by atoms with Gasteiger partial charge in [-0.3, -0.25) is 0 Å². The molecule has 1 aromatic carbocycles. The van der Waals surface area contributed by atoms with Gasteiger partial charge in [0.05, 0.1) is 18.9 Å². The van der Waals surface area contributed by atoms with Gasteiger partial charge in [0.2, 0.25) is 5.88 Å². The lowest BCUT2D eigenvalue weighted by molar-refractivity contribution is 0.177. The molecule has 1 N–H and O–H groups in total. The quantitative estimate of drug-likeness (QED) is 0.940. The largest absolute Gasteiger partial charge is 0.481 e. The summed E-state index contributed by atoms with van der Waals surface area (Å²) in [5, 5.41) is 10.2. The van der Waals surface area contributed by atoms with E-state index < -0.39 is 6.10 Å². The zero-order chi connectivity index (χ0) is 13.8. The van der Waals surface area contributed by atoms with Gasteiger partial charge in [-0.1, -0.05) is 28.1 Å². The molecule has 19 heavy (non-hydrogen) atoms. The molecule has 4 nitrogen and oxygen atoms in total. The van der Waals surface area contributed by atoms with E-state index in [9.17, 15) is 5.11 Å². The van der Waals surface area contributed by atoms with Crippen molar-refractivity contribution in [3.63, 3.8) is 0 Å². The Morgan fingerprint density at radius 1 is 1.32 bits per heavy atom. The lowest BCUT2D eigenvalue weighted by Gasteiger charge is -2.12. The molecule has 0 saturated heterocycles. The molecule has 0 bridgehead atoms. The number of rotatable bonds is 4. The van der Waals surface area contributed by atoms with E-state index in [-0.39, 0.29) is 0 Å². The molecular weight excluding hydrogens is 308 g/mol. The Kier molecular flexibility index (Phi) is 4.50. The average Bonchev–Trinajstić information content (AvgIpc) is 2.42. The molecule has 0 amide bonds. The number of aryl methyl sites for hydroxylation is 1. The number of aliphatic hydroxyl groups is 1. The van der Waals surface area contributed by atoms with Crippen molar-refractivity contribution in [3.05, 3.63) is 51.9 Å². The van der Waals surface area contributed by atoms with Crippen LogP contribution in [-0.2, 0) is 6.42 Å². The van der Waals surface area contributed by atoms with Crippen molar-refractivity contribution in [2.45, 2.75) is 19.4 Å². The fourth-order valence-electron chi connectivity index (χ4n) is 1.73. The van der Waals surface area contributed by atoms with E-state index in [0.29, 0.717) is 12.3 Å². The highest BCUT2D eigenvalue weighted by molar-refractivity contribution is 9.10. The van der Waals surface area contributed by atoms with Crippen molar-refractivity contribution in [1.82, 2.24) is 9.97 Å². The van der Waals surface area contributed by atoms with Crippen molar-refractivity contribution in [2.24, 2.45) is 0 Å². The molecule has 0 radical (unpaired) electrons. The molecule has 0 spiro atoms.